The van der Waals surface area contributed by atoms with E-state index in [0.717, 1.165) is 9.99 Å². The summed E-state index contributed by atoms with van der Waals surface area (Å²) in [7, 11) is 0. The van der Waals surface area contributed by atoms with Crippen LogP contribution in [0.1, 0.15) is 5.56 Å². The van der Waals surface area contributed by atoms with Crippen molar-refractivity contribution >= 4 is 27.0 Å². The van der Waals surface area contributed by atoms with E-state index in [0.29, 0.717) is 22.5 Å². The van der Waals surface area contributed by atoms with E-state index in [1.165, 1.54) is 12.1 Å². The molecule has 0 fully saturated rings. The first kappa shape index (κ1) is 11.9. The number of H-pyrrole nitrogens is 1. The van der Waals surface area contributed by atoms with Crippen LogP contribution in [0.15, 0.2) is 40.9 Å². The highest BCUT2D eigenvalue weighted by Gasteiger charge is 2.11. The Kier molecular flexibility index (Phi) is 2.80. The number of fused-ring (bicyclic) bond motifs is 1. The van der Waals surface area contributed by atoms with Gasteiger partial charge in [0.1, 0.15) is 23.2 Å². The van der Waals surface area contributed by atoms with E-state index in [1.54, 1.807) is 18.2 Å². The van der Waals surface area contributed by atoms with Crippen LogP contribution < -0.4 is 0 Å². The lowest BCUT2D eigenvalue weighted by Crippen LogP contribution is -1.84. The second-order valence-electron chi connectivity index (χ2n) is 4.02. The van der Waals surface area contributed by atoms with Crippen LogP contribution in [0.4, 0.5) is 4.39 Å². The normalized spacial score (nSPS) is 10.6. The summed E-state index contributed by atoms with van der Waals surface area (Å²) in [5.74, 6) is 0.197. The molecule has 0 unspecified atom stereocenters. The lowest BCUT2D eigenvalue weighted by molar-refractivity contribution is 0.628. The fourth-order valence-corrected chi connectivity index (χ4v) is 2.36. The van der Waals surface area contributed by atoms with Gasteiger partial charge < -0.3 is 4.98 Å². The van der Waals surface area contributed by atoms with Crippen molar-refractivity contribution in [1.82, 2.24) is 9.97 Å². The Balaban J connectivity index is 2.27. The van der Waals surface area contributed by atoms with Crippen LogP contribution in [0.5, 0.6) is 0 Å². The quantitative estimate of drug-likeness (QED) is 0.737. The molecule has 0 spiro atoms. The van der Waals surface area contributed by atoms with Gasteiger partial charge in [0.2, 0.25) is 0 Å². The van der Waals surface area contributed by atoms with Gasteiger partial charge in [0.25, 0.3) is 0 Å². The maximum Gasteiger partial charge on any atom is 0.139 e. The number of hydrogen-bond donors (Lipinski definition) is 1. The van der Waals surface area contributed by atoms with E-state index >= 15 is 0 Å². The number of hydrogen-bond acceptors (Lipinski definition) is 2. The van der Waals surface area contributed by atoms with Crippen LogP contribution in [-0.2, 0) is 0 Å². The number of nitrogens with zero attached hydrogens (tertiary/aromatic N) is 2. The van der Waals surface area contributed by atoms with Gasteiger partial charge in [-0.1, -0.05) is 22.0 Å². The number of para-hydroxylation sites is 1. The van der Waals surface area contributed by atoms with E-state index < -0.39 is 0 Å². The zero-order valence-corrected chi connectivity index (χ0v) is 11.2. The first-order valence-corrected chi connectivity index (χ1v) is 6.32. The maximum atomic E-state index is 13.3. The van der Waals surface area contributed by atoms with E-state index in [-0.39, 0.29) is 5.82 Å². The molecule has 1 heterocycles. The number of rotatable bonds is 1. The molecule has 2 aromatic carbocycles. The topological polar surface area (TPSA) is 52.5 Å². The molecule has 0 bridgehead atoms. The van der Waals surface area contributed by atoms with Gasteiger partial charge >= 0.3 is 0 Å². The van der Waals surface area contributed by atoms with Crippen LogP contribution in [-0.4, -0.2) is 9.97 Å². The van der Waals surface area contributed by atoms with Gasteiger partial charge in [0, 0.05) is 10.0 Å². The van der Waals surface area contributed by atoms with Gasteiger partial charge in [-0.15, -0.1) is 0 Å². The van der Waals surface area contributed by atoms with Gasteiger partial charge in [0.15, 0.2) is 0 Å². The summed E-state index contributed by atoms with van der Waals surface area (Å²) in [5.41, 5.74) is 2.47. The smallest absolute Gasteiger partial charge is 0.139 e. The number of aromatic nitrogens is 2. The molecule has 0 saturated carbocycles. The molecule has 3 aromatic rings. The SMILES string of the molecule is N#Cc1cccc2[nH]c(-c3cc(F)ccc3Br)nc12. The molecule has 0 aliphatic rings. The minimum absolute atomic E-state index is 0.334. The van der Waals surface area contributed by atoms with Crippen molar-refractivity contribution in [2.45, 2.75) is 0 Å². The van der Waals surface area contributed by atoms with Crippen LogP contribution in [0.2, 0.25) is 0 Å². The highest BCUT2D eigenvalue weighted by atomic mass is 79.9. The van der Waals surface area contributed by atoms with Gasteiger partial charge in [-0.3, -0.25) is 0 Å². The van der Waals surface area contributed by atoms with Crippen LogP contribution in [0, 0.1) is 17.1 Å². The first-order chi connectivity index (χ1) is 9.19. The minimum Gasteiger partial charge on any atom is -0.338 e. The predicted molar refractivity (Wildman–Crippen MR) is 73.9 cm³/mol. The van der Waals surface area contributed by atoms with Crippen molar-refractivity contribution in [1.29, 1.82) is 5.26 Å². The molecule has 19 heavy (non-hydrogen) atoms. The minimum atomic E-state index is -0.334. The third-order valence-electron chi connectivity index (χ3n) is 2.82. The largest absolute Gasteiger partial charge is 0.338 e. The maximum absolute atomic E-state index is 13.3. The fourth-order valence-electron chi connectivity index (χ4n) is 1.93. The Morgan fingerprint density at radius 2 is 2.11 bits per heavy atom. The van der Waals surface area contributed by atoms with Gasteiger partial charge in [-0.05, 0) is 30.3 Å². The Morgan fingerprint density at radius 1 is 1.26 bits per heavy atom. The van der Waals surface area contributed by atoms with Gasteiger partial charge in [-0.2, -0.15) is 5.26 Å². The summed E-state index contributed by atoms with van der Waals surface area (Å²) >= 11 is 3.37. The molecule has 5 heteroatoms. The third kappa shape index (κ3) is 2.00. The predicted octanol–water partition coefficient (Wildman–Crippen LogP) is 4.00. The number of benzene rings is 2. The number of halogens is 2. The van der Waals surface area contributed by atoms with Crippen molar-refractivity contribution < 1.29 is 4.39 Å². The number of imidazole rings is 1. The van der Waals surface area contributed by atoms with Crippen molar-refractivity contribution in [3.8, 4) is 17.5 Å². The number of nitriles is 1. The lowest BCUT2D eigenvalue weighted by atomic mass is 10.2. The molecule has 92 valence electrons. The Bertz CT molecular complexity index is 817. The molecule has 0 aliphatic heterocycles. The summed E-state index contributed by atoms with van der Waals surface area (Å²) in [5, 5.41) is 9.04. The van der Waals surface area contributed by atoms with Crippen molar-refractivity contribution in [2.75, 3.05) is 0 Å². The van der Waals surface area contributed by atoms with Crippen LogP contribution >= 0.6 is 15.9 Å². The van der Waals surface area contributed by atoms with E-state index in [2.05, 4.69) is 32.0 Å². The lowest BCUT2D eigenvalue weighted by Gasteiger charge is -2.00. The second kappa shape index (κ2) is 4.48. The number of aromatic amines is 1. The summed E-state index contributed by atoms with van der Waals surface area (Å²) in [6.45, 7) is 0. The molecule has 0 amide bonds. The summed E-state index contributed by atoms with van der Waals surface area (Å²) in [4.78, 5) is 7.48. The summed E-state index contributed by atoms with van der Waals surface area (Å²) in [6.07, 6.45) is 0. The molecule has 1 N–H and O–H groups in total. The zero-order chi connectivity index (χ0) is 13.4. The average Bonchev–Trinajstić information content (AvgIpc) is 2.85. The number of nitrogens with one attached hydrogen (secondary N) is 1. The summed E-state index contributed by atoms with van der Waals surface area (Å²) in [6, 6.07) is 11.8. The monoisotopic (exact) mass is 315 g/mol. The molecule has 3 nitrogen and oxygen atoms in total. The van der Waals surface area contributed by atoms with E-state index in [1.807, 2.05) is 6.07 Å². The second-order valence-corrected chi connectivity index (χ2v) is 4.88. The van der Waals surface area contributed by atoms with Crippen molar-refractivity contribution in [2.24, 2.45) is 0 Å². The Morgan fingerprint density at radius 3 is 2.89 bits per heavy atom. The highest BCUT2D eigenvalue weighted by Crippen LogP contribution is 2.29. The van der Waals surface area contributed by atoms with Gasteiger partial charge in [0.05, 0.1) is 11.1 Å². The fraction of sp³-hybridized carbons (Fsp3) is 0. The average molecular weight is 316 g/mol. The van der Waals surface area contributed by atoms with Crippen molar-refractivity contribution in [3.05, 3.63) is 52.3 Å². The molecule has 0 atom stereocenters. The molecular formula is C14H7BrFN3. The van der Waals surface area contributed by atoms with Gasteiger partial charge in [-0.25, -0.2) is 9.37 Å². The Labute approximate surface area is 116 Å². The third-order valence-corrected chi connectivity index (χ3v) is 3.51. The highest BCUT2D eigenvalue weighted by molar-refractivity contribution is 9.10. The van der Waals surface area contributed by atoms with E-state index in [4.69, 9.17) is 5.26 Å². The molecule has 1 aromatic heterocycles. The van der Waals surface area contributed by atoms with Crippen molar-refractivity contribution in [3.63, 3.8) is 0 Å². The molecule has 0 saturated heterocycles. The Hall–Kier alpha value is -2.19. The molecular weight excluding hydrogens is 309 g/mol. The molecule has 3 rings (SSSR count). The van der Waals surface area contributed by atoms with Crippen LogP contribution in [0.25, 0.3) is 22.4 Å². The van der Waals surface area contributed by atoms with E-state index in [9.17, 15) is 4.39 Å². The zero-order valence-electron chi connectivity index (χ0n) is 9.61. The molecule has 0 aliphatic carbocycles. The van der Waals surface area contributed by atoms with Crippen LogP contribution in [0.3, 0.4) is 0 Å². The molecule has 0 radical (unpaired) electrons. The summed E-state index contributed by atoms with van der Waals surface area (Å²) < 4.78 is 14.1. The first-order valence-electron chi connectivity index (χ1n) is 5.53. The standard InChI is InChI=1S/C14H7BrFN3/c15-11-5-4-9(16)6-10(11)14-18-12-3-1-2-8(7-17)13(12)19-14/h1-6H,(H,18,19).